The average molecular weight is 329 g/mol. The fraction of sp³-hybridized carbons (Fsp3) is 0.273. The molecule has 2 heterocycles. The Bertz CT molecular complexity index is 502. The van der Waals surface area contributed by atoms with E-state index in [9.17, 15) is 0 Å². The quantitative estimate of drug-likeness (QED) is 0.649. The van der Waals surface area contributed by atoms with Crippen LogP contribution in [0.25, 0.3) is 0 Å². The van der Waals surface area contributed by atoms with Crippen LogP contribution in [0.1, 0.15) is 16.6 Å². The molecule has 0 bridgehead atoms. The third-order valence-electron chi connectivity index (χ3n) is 2.46. The highest BCUT2D eigenvalue weighted by Gasteiger charge is 2.14. The summed E-state index contributed by atoms with van der Waals surface area (Å²) in [5.74, 6) is 6.07. The zero-order valence-corrected chi connectivity index (χ0v) is 12.2. The maximum atomic E-state index is 5.57. The lowest BCUT2D eigenvalue weighted by atomic mass is 10.1. The summed E-state index contributed by atoms with van der Waals surface area (Å²) in [7, 11) is 1.56. The smallest absolute Gasteiger partial charge is 0.233 e. The molecular formula is C11H13BrN4OS. The van der Waals surface area contributed by atoms with E-state index >= 15 is 0 Å². The highest BCUT2D eigenvalue weighted by Crippen LogP contribution is 2.26. The maximum Gasteiger partial charge on any atom is 0.233 e. The first-order valence-corrected chi connectivity index (χ1v) is 6.92. The van der Waals surface area contributed by atoms with Gasteiger partial charge in [-0.05, 0) is 34.1 Å². The molecule has 0 aliphatic heterocycles. The summed E-state index contributed by atoms with van der Waals surface area (Å²) in [5, 5.41) is 8.04. The maximum absolute atomic E-state index is 5.57. The van der Waals surface area contributed by atoms with Crippen molar-refractivity contribution in [2.75, 3.05) is 7.11 Å². The van der Waals surface area contributed by atoms with Gasteiger partial charge in [0.05, 0.1) is 22.6 Å². The van der Waals surface area contributed by atoms with Crippen molar-refractivity contribution < 1.29 is 4.74 Å². The van der Waals surface area contributed by atoms with Gasteiger partial charge in [-0.2, -0.15) is 5.10 Å². The van der Waals surface area contributed by atoms with Crippen LogP contribution >= 0.6 is 27.3 Å². The molecule has 0 radical (unpaired) electrons. The number of nitrogens with two attached hydrogens (primary N) is 1. The average Bonchev–Trinajstić information content (AvgIpc) is 2.82. The normalized spacial score (nSPS) is 12.4. The molecule has 0 aliphatic carbocycles. The van der Waals surface area contributed by atoms with Crippen molar-refractivity contribution in [3.8, 4) is 5.88 Å². The van der Waals surface area contributed by atoms with Gasteiger partial charge in [-0.1, -0.05) is 0 Å². The van der Waals surface area contributed by atoms with Gasteiger partial charge in [0.25, 0.3) is 0 Å². The number of nitrogens with one attached hydrogen (secondary N) is 1. The van der Waals surface area contributed by atoms with Gasteiger partial charge < -0.3 is 4.74 Å². The molecule has 0 saturated heterocycles. The number of rotatable bonds is 5. The fourth-order valence-electron chi connectivity index (χ4n) is 1.54. The van der Waals surface area contributed by atoms with Crippen molar-refractivity contribution >= 4 is 27.3 Å². The Morgan fingerprint density at radius 2 is 2.22 bits per heavy atom. The lowest BCUT2D eigenvalue weighted by Crippen LogP contribution is -2.30. The molecule has 18 heavy (non-hydrogen) atoms. The SMILES string of the molecule is COc1ccc(C(Cc2ccc(Br)s2)NN)nn1. The number of hydrazine groups is 1. The highest BCUT2D eigenvalue weighted by molar-refractivity contribution is 9.11. The van der Waals surface area contributed by atoms with Crippen molar-refractivity contribution in [3.63, 3.8) is 0 Å². The molecule has 7 heteroatoms. The number of aromatic nitrogens is 2. The van der Waals surface area contributed by atoms with Crippen LogP contribution in [0.15, 0.2) is 28.1 Å². The van der Waals surface area contributed by atoms with E-state index in [0.717, 1.165) is 15.9 Å². The predicted octanol–water partition coefficient (Wildman–Crippen LogP) is 2.06. The Kier molecular flexibility index (Phi) is 4.65. The molecule has 5 nitrogen and oxygen atoms in total. The highest BCUT2D eigenvalue weighted by atomic mass is 79.9. The number of hydrogen-bond acceptors (Lipinski definition) is 6. The van der Waals surface area contributed by atoms with Crippen LogP contribution in [0.2, 0.25) is 0 Å². The molecule has 1 atom stereocenters. The summed E-state index contributed by atoms with van der Waals surface area (Å²) in [4.78, 5) is 1.22. The van der Waals surface area contributed by atoms with E-state index in [0.29, 0.717) is 5.88 Å². The summed E-state index contributed by atoms with van der Waals surface area (Å²) < 4.78 is 6.08. The molecule has 0 spiro atoms. The minimum Gasteiger partial charge on any atom is -0.480 e. The first-order valence-electron chi connectivity index (χ1n) is 5.31. The lowest BCUT2D eigenvalue weighted by Gasteiger charge is -2.13. The van der Waals surface area contributed by atoms with Crippen LogP contribution in [-0.2, 0) is 6.42 Å². The van der Waals surface area contributed by atoms with Gasteiger partial charge in [0, 0.05) is 17.4 Å². The molecular weight excluding hydrogens is 316 g/mol. The number of ether oxygens (including phenoxy) is 1. The first kappa shape index (κ1) is 13.4. The molecule has 0 aromatic carbocycles. The van der Waals surface area contributed by atoms with Gasteiger partial charge in [-0.25, -0.2) is 0 Å². The van der Waals surface area contributed by atoms with Crippen LogP contribution < -0.4 is 16.0 Å². The fourth-order valence-corrected chi connectivity index (χ4v) is 3.07. The van der Waals surface area contributed by atoms with Crippen LogP contribution in [0.4, 0.5) is 0 Å². The summed E-state index contributed by atoms with van der Waals surface area (Å²) >= 11 is 5.12. The summed E-state index contributed by atoms with van der Waals surface area (Å²) in [6.45, 7) is 0. The summed E-state index contributed by atoms with van der Waals surface area (Å²) in [5.41, 5.74) is 3.56. The Labute approximate surface area is 117 Å². The number of nitrogens with zero attached hydrogens (tertiary/aromatic N) is 2. The van der Waals surface area contributed by atoms with E-state index in [1.807, 2.05) is 12.1 Å². The molecule has 0 aliphatic rings. The van der Waals surface area contributed by atoms with E-state index in [-0.39, 0.29) is 6.04 Å². The second-order valence-electron chi connectivity index (χ2n) is 3.63. The van der Waals surface area contributed by atoms with Crippen LogP contribution in [0, 0.1) is 0 Å². The largest absolute Gasteiger partial charge is 0.480 e. The molecule has 3 N–H and O–H groups in total. The van der Waals surface area contributed by atoms with Crippen molar-refractivity contribution in [2.45, 2.75) is 12.5 Å². The number of halogens is 1. The van der Waals surface area contributed by atoms with Gasteiger partial charge in [0.2, 0.25) is 5.88 Å². The van der Waals surface area contributed by atoms with Crippen molar-refractivity contribution in [2.24, 2.45) is 5.84 Å². The van der Waals surface area contributed by atoms with Gasteiger partial charge in [0.15, 0.2) is 0 Å². The third-order valence-corrected chi connectivity index (χ3v) is 4.11. The second kappa shape index (κ2) is 6.24. The van der Waals surface area contributed by atoms with Gasteiger partial charge >= 0.3 is 0 Å². The van der Waals surface area contributed by atoms with Crippen molar-refractivity contribution in [3.05, 3.63) is 38.6 Å². The lowest BCUT2D eigenvalue weighted by molar-refractivity contribution is 0.389. The Morgan fingerprint density at radius 1 is 1.39 bits per heavy atom. The van der Waals surface area contributed by atoms with E-state index in [1.165, 1.54) is 4.88 Å². The predicted molar refractivity (Wildman–Crippen MR) is 74.4 cm³/mol. The number of thiophene rings is 1. The molecule has 0 amide bonds. The molecule has 2 aromatic rings. The van der Waals surface area contributed by atoms with Gasteiger partial charge in [-0.3, -0.25) is 11.3 Å². The Hall–Kier alpha value is -1.02. The summed E-state index contributed by atoms with van der Waals surface area (Å²) in [6, 6.07) is 7.66. The Morgan fingerprint density at radius 3 is 2.72 bits per heavy atom. The molecule has 2 aromatic heterocycles. The van der Waals surface area contributed by atoms with Gasteiger partial charge in [0.1, 0.15) is 0 Å². The number of hydrogen-bond donors (Lipinski definition) is 2. The number of methoxy groups -OCH3 is 1. The van der Waals surface area contributed by atoms with Gasteiger partial charge in [-0.15, -0.1) is 16.4 Å². The molecule has 96 valence electrons. The van der Waals surface area contributed by atoms with Crippen molar-refractivity contribution in [1.82, 2.24) is 15.6 Å². The van der Waals surface area contributed by atoms with E-state index in [1.54, 1.807) is 24.5 Å². The minimum absolute atomic E-state index is 0.0612. The monoisotopic (exact) mass is 328 g/mol. The zero-order chi connectivity index (χ0) is 13.0. The van der Waals surface area contributed by atoms with Crippen LogP contribution in [-0.4, -0.2) is 17.3 Å². The first-order chi connectivity index (χ1) is 8.72. The van der Waals surface area contributed by atoms with E-state index in [4.69, 9.17) is 10.6 Å². The topological polar surface area (TPSA) is 73.1 Å². The molecule has 0 saturated carbocycles. The Balaban J connectivity index is 2.12. The van der Waals surface area contributed by atoms with Crippen LogP contribution in [0.5, 0.6) is 5.88 Å². The minimum atomic E-state index is -0.0612. The molecule has 2 rings (SSSR count). The summed E-state index contributed by atoms with van der Waals surface area (Å²) in [6.07, 6.45) is 0.772. The zero-order valence-electron chi connectivity index (χ0n) is 9.76. The standard InChI is InChI=1S/C11H13BrN4OS/c1-17-11-5-3-8(15-16-11)9(14-13)6-7-2-4-10(12)18-7/h2-5,9,14H,6,13H2,1H3. The second-order valence-corrected chi connectivity index (χ2v) is 6.18. The van der Waals surface area contributed by atoms with E-state index in [2.05, 4.69) is 37.6 Å². The van der Waals surface area contributed by atoms with E-state index < -0.39 is 0 Å². The third kappa shape index (κ3) is 3.26. The van der Waals surface area contributed by atoms with Crippen molar-refractivity contribution in [1.29, 1.82) is 0 Å². The molecule has 1 unspecified atom stereocenters. The van der Waals surface area contributed by atoms with Crippen LogP contribution in [0.3, 0.4) is 0 Å². The molecule has 0 fully saturated rings.